The molecule has 112 valence electrons. The maximum atomic E-state index is 4.32. The summed E-state index contributed by atoms with van der Waals surface area (Å²) in [6, 6.07) is 8.38. The third-order valence-electron chi connectivity index (χ3n) is 3.45. The Balaban J connectivity index is 1.98. The number of aliphatic imine (C=N–C) groups is 1. The Labute approximate surface area is 125 Å². The van der Waals surface area contributed by atoms with E-state index in [9.17, 15) is 0 Å². The lowest BCUT2D eigenvalue weighted by Crippen LogP contribution is -2.38. The van der Waals surface area contributed by atoms with Gasteiger partial charge in [-0.25, -0.2) is 4.98 Å². The van der Waals surface area contributed by atoms with E-state index >= 15 is 0 Å². The van der Waals surface area contributed by atoms with E-state index in [1.54, 1.807) is 18.1 Å². The number of hydrogen-bond donors (Lipinski definition) is 1. The van der Waals surface area contributed by atoms with Gasteiger partial charge in [0.05, 0.1) is 6.54 Å². The van der Waals surface area contributed by atoms with Crippen LogP contribution < -0.4 is 5.32 Å². The molecule has 6 heteroatoms. The van der Waals surface area contributed by atoms with Gasteiger partial charge in [-0.3, -0.25) is 9.67 Å². The third kappa shape index (κ3) is 3.81. The van der Waals surface area contributed by atoms with Crippen LogP contribution in [0.25, 0.3) is 0 Å². The fourth-order valence-corrected chi connectivity index (χ4v) is 2.14. The molecule has 0 aliphatic rings. The van der Waals surface area contributed by atoms with E-state index in [1.165, 1.54) is 11.1 Å². The molecule has 1 heterocycles. The molecular weight excluding hydrogens is 264 g/mol. The van der Waals surface area contributed by atoms with Crippen molar-refractivity contribution in [2.75, 3.05) is 14.1 Å². The highest BCUT2D eigenvalue weighted by atomic mass is 15.3. The molecule has 0 atom stereocenters. The number of aromatic nitrogens is 3. The first-order chi connectivity index (χ1) is 10.1. The van der Waals surface area contributed by atoms with Crippen LogP contribution in [0.4, 0.5) is 0 Å². The van der Waals surface area contributed by atoms with Crippen molar-refractivity contribution in [2.24, 2.45) is 12.0 Å². The molecule has 0 unspecified atom stereocenters. The minimum Gasteiger partial charge on any atom is -0.349 e. The minimum atomic E-state index is 0.598. The Morgan fingerprint density at radius 3 is 2.76 bits per heavy atom. The largest absolute Gasteiger partial charge is 0.349 e. The third-order valence-corrected chi connectivity index (χ3v) is 3.45. The zero-order valence-electron chi connectivity index (χ0n) is 13.0. The molecule has 1 aromatic carbocycles. The maximum Gasteiger partial charge on any atom is 0.194 e. The highest BCUT2D eigenvalue weighted by molar-refractivity contribution is 5.79. The molecule has 0 aliphatic heterocycles. The topological polar surface area (TPSA) is 58.3 Å². The minimum absolute atomic E-state index is 0.598. The Kier molecular flexibility index (Phi) is 4.92. The van der Waals surface area contributed by atoms with Gasteiger partial charge in [0.2, 0.25) is 0 Å². The van der Waals surface area contributed by atoms with Gasteiger partial charge in [-0.2, -0.15) is 5.10 Å². The van der Waals surface area contributed by atoms with E-state index in [0.29, 0.717) is 6.54 Å². The molecule has 0 radical (unpaired) electrons. The van der Waals surface area contributed by atoms with Crippen LogP contribution in [0.15, 0.2) is 35.6 Å². The Morgan fingerprint density at radius 1 is 1.38 bits per heavy atom. The second-order valence-electron chi connectivity index (χ2n) is 4.98. The number of nitrogens with one attached hydrogen (secondary N) is 1. The Hall–Kier alpha value is -2.37. The van der Waals surface area contributed by atoms with Crippen molar-refractivity contribution in [1.82, 2.24) is 25.0 Å². The van der Waals surface area contributed by atoms with Crippen LogP contribution in [-0.4, -0.2) is 39.7 Å². The summed E-state index contributed by atoms with van der Waals surface area (Å²) in [5.74, 6) is 1.71. The molecule has 0 saturated heterocycles. The highest BCUT2D eigenvalue weighted by Crippen LogP contribution is 2.09. The van der Waals surface area contributed by atoms with Gasteiger partial charge < -0.3 is 10.2 Å². The van der Waals surface area contributed by atoms with Crippen LogP contribution in [0, 0.1) is 6.92 Å². The zero-order valence-corrected chi connectivity index (χ0v) is 13.0. The van der Waals surface area contributed by atoms with Gasteiger partial charge >= 0.3 is 0 Å². The van der Waals surface area contributed by atoms with Crippen LogP contribution >= 0.6 is 0 Å². The molecule has 0 fully saturated rings. The van der Waals surface area contributed by atoms with Crippen molar-refractivity contribution in [2.45, 2.75) is 20.0 Å². The lowest BCUT2D eigenvalue weighted by Gasteiger charge is -2.22. The normalized spacial score (nSPS) is 11.5. The monoisotopic (exact) mass is 286 g/mol. The molecular formula is C15H22N6. The Morgan fingerprint density at radius 2 is 2.14 bits per heavy atom. The van der Waals surface area contributed by atoms with E-state index in [-0.39, 0.29) is 0 Å². The SMILES string of the molecule is CN=C(NCc1ncnn1C)N(C)Cc1ccccc1C. The zero-order chi connectivity index (χ0) is 15.2. The lowest BCUT2D eigenvalue weighted by molar-refractivity contribution is 0.472. The van der Waals surface area contributed by atoms with Crippen LogP contribution in [0.3, 0.4) is 0 Å². The molecule has 1 aromatic heterocycles. The maximum absolute atomic E-state index is 4.32. The van der Waals surface area contributed by atoms with Crippen molar-refractivity contribution < 1.29 is 0 Å². The first-order valence-electron chi connectivity index (χ1n) is 6.91. The van der Waals surface area contributed by atoms with Crippen LogP contribution in [0.2, 0.25) is 0 Å². The number of nitrogens with zero attached hydrogens (tertiary/aromatic N) is 5. The number of rotatable bonds is 4. The average Bonchev–Trinajstić information content (AvgIpc) is 2.88. The second-order valence-corrected chi connectivity index (χ2v) is 4.98. The molecule has 6 nitrogen and oxygen atoms in total. The molecule has 2 rings (SSSR count). The quantitative estimate of drug-likeness (QED) is 0.680. The van der Waals surface area contributed by atoms with Gasteiger partial charge in [-0.05, 0) is 18.1 Å². The van der Waals surface area contributed by atoms with Crippen LogP contribution in [0.1, 0.15) is 17.0 Å². The van der Waals surface area contributed by atoms with E-state index in [2.05, 4.69) is 56.5 Å². The number of guanidine groups is 1. The molecule has 21 heavy (non-hydrogen) atoms. The number of benzene rings is 1. The van der Waals surface area contributed by atoms with E-state index in [0.717, 1.165) is 18.3 Å². The molecule has 0 bridgehead atoms. The van der Waals surface area contributed by atoms with E-state index in [1.807, 2.05) is 14.1 Å². The molecule has 1 N–H and O–H groups in total. The van der Waals surface area contributed by atoms with Crippen molar-refractivity contribution in [3.63, 3.8) is 0 Å². The van der Waals surface area contributed by atoms with Crippen LogP contribution in [-0.2, 0) is 20.1 Å². The molecule has 0 spiro atoms. The highest BCUT2D eigenvalue weighted by Gasteiger charge is 2.09. The van der Waals surface area contributed by atoms with Gasteiger partial charge in [0, 0.05) is 27.7 Å². The number of hydrogen-bond acceptors (Lipinski definition) is 3. The van der Waals surface area contributed by atoms with E-state index < -0.39 is 0 Å². The Bertz CT molecular complexity index is 616. The summed E-state index contributed by atoms with van der Waals surface area (Å²) in [6.45, 7) is 3.53. The number of aryl methyl sites for hydroxylation is 2. The fraction of sp³-hybridized carbons (Fsp3) is 0.400. The smallest absolute Gasteiger partial charge is 0.194 e. The summed E-state index contributed by atoms with van der Waals surface area (Å²) in [7, 11) is 5.69. The molecule has 0 amide bonds. The first-order valence-corrected chi connectivity index (χ1v) is 6.91. The van der Waals surface area contributed by atoms with Crippen LogP contribution in [0.5, 0.6) is 0 Å². The summed E-state index contributed by atoms with van der Waals surface area (Å²) in [6.07, 6.45) is 1.55. The van der Waals surface area contributed by atoms with Gasteiger partial charge in [-0.15, -0.1) is 0 Å². The van der Waals surface area contributed by atoms with Crippen molar-refractivity contribution in [1.29, 1.82) is 0 Å². The molecule has 0 saturated carbocycles. The predicted molar refractivity (Wildman–Crippen MR) is 83.8 cm³/mol. The predicted octanol–water partition coefficient (Wildman–Crippen LogP) is 1.33. The summed E-state index contributed by atoms with van der Waals surface area (Å²) >= 11 is 0. The molecule has 0 aliphatic carbocycles. The summed E-state index contributed by atoms with van der Waals surface area (Å²) < 4.78 is 1.75. The first kappa shape index (κ1) is 15.0. The summed E-state index contributed by atoms with van der Waals surface area (Å²) in [5.41, 5.74) is 2.58. The van der Waals surface area contributed by atoms with Gasteiger partial charge in [0.25, 0.3) is 0 Å². The summed E-state index contributed by atoms with van der Waals surface area (Å²) in [4.78, 5) is 10.6. The average molecular weight is 286 g/mol. The van der Waals surface area contributed by atoms with Gasteiger partial charge in [0.1, 0.15) is 12.2 Å². The molecule has 2 aromatic rings. The standard InChI is InChI=1S/C15H22N6/c1-12-7-5-6-8-13(12)10-20(3)15(16-2)17-9-14-18-11-19-21(14)4/h5-8,11H,9-10H2,1-4H3,(H,16,17). The van der Waals surface area contributed by atoms with E-state index in [4.69, 9.17) is 0 Å². The van der Waals surface area contributed by atoms with Gasteiger partial charge in [0.15, 0.2) is 5.96 Å². The second kappa shape index (κ2) is 6.88. The van der Waals surface area contributed by atoms with Crippen molar-refractivity contribution in [3.8, 4) is 0 Å². The lowest BCUT2D eigenvalue weighted by atomic mass is 10.1. The van der Waals surface area contributed by atoms with Crippen molar-refractivity contribution in [3.05, 3.63) is 47.5 Å². The van der Waals surface area contributed by atoms with Crippen molar-refractivity contribution >= 4 is 5.96 Å². The summed E-state index contributed by atoms with van der Waals surface area (Å²) in [5, 5.41) is 7.36. The van der Waals surface area contributed by atoms with Gasteiger partial charge in [-0.1, -0.05) is 24.3 Å². The fourth-order valence-electron chi connectivity index (χ4n) is 2.14.